The van der Waals surface area contributed by atoms with Gasteiger partial charge in [0.1, 0.15) is 5.75 Å². The summed E-state index contributed by atoms with van der Waals surface area (Å²) in [5, 5.41) is 0. The van der Waals surface area contributed by atoms with E-state index in [-0.39, 0.29) is 0 Å². The summed E-state index contributed by atoms with van der Waals surface area (Å²) in [7, 11) is 3.84. The number of para-hydroxylation sites is 1. The molecule has 0 aliphatic carbocycles. The Bertz CT molecular complexity index is 615. The minimum absolute atomic E-state index is 0.360. The molecule has 0 fully saturated rings. The molecule has 21 heavy (non-hydrogen) atoms. The van der Waals surface area contributed by atoms with Crippen LogP contribution in [0.2, 0.25) is 0 Å². The Morgan fingerprint density at radius 1 is 1.24 bits per heavy atom. The van der Waals surface area contributed by atoms with Crippen molar-refractivity contribution in [3.05, 3.63) is 51.6 Å². The first-order chi connectivity index (χ1) is 10.0. The van der Waals surface area contributed by atoms with Crippen LogP contribution in [0.3, 0.4) is 0 Å². The minimum Gasteiger partial charge on any atom is -0.496 e. The average molecular weight is 396 g/mol. The van der Waals surface area contributed by atoms with Gasteiger partial charge >= 0.3 is 0 Å². The maximum absolute atomic E-state index is 5.83. The third-order valence-electron chi connectivity index (χ3n) is 3.72. The highest BCUT2D eigenvalue weighted by Gasteiger charge is 2.15. The fraction of sp³-hybridized carbons (Fsp3) is 0.294. The number of nitrogens with two attached hydrogens (primary N) is 1. The van der Waals surface area contributed by atoms with Gasteiger partial charge in [0, 0.05) is 22.3 Å². The molecule has 0 radical (unpaired) electrons. The standard InChI is InChI=1S/C17H21IN2O/c1-12(10-13-6-4-5-7-17(13)21-3)20(2)16-9-8-14(19)11-15(16)18/h4-9,11-12H,10,19H2,1-3H3. The molecule has 0 bridgehead atoms. The Morgan fingerprint density at radius 2 is 1.95 bits per heavy atom. The molecule has 1 atom stereocenters. The lowest BCUT2D eigenvalue weighted by Crippen LogP contribution is -2.31. The molecular weight excluding hydrogens is 375 g/mol. The average Bonchev–Trinajstić information content (AvgIpc) is 2.47. The first-order valence-corrected chi connectivity index (χ1v) is 8.00. The zero-order chi connectivity index (χ0) is 15.4. The lowest BCUT2D eigenvalue weighted by molar-refractivity contribution is 0.408. The Labute approximate surface area is 140 Å². The molecule has 2 aromatic carbocycles. The second kappa shape index (κ2) is 7.02. The van der Waals surface area contributed by atoms with E-state index in [2.05, 4.69) is 59.7 Å². The largest absolute Gasteiger partial charge is 0.496 e. The second-order valence-electron chi connectivity index (χ2n) is 5.19. The third-order valence-corrected chi connectivity index (χ3v) is 4.58. The van der Waals surface area contributed by atoms with Gasteiger partial charge in [-0.1, -0.05) is 18.2 Å². The van der Waals surface area contributed by atoms with Crippen molar-refractivity contribution in [2.24, 2.45) is 0 Å². The van der Waals surface area contributed by atoms with Crippen LogP contribution in [0, 0.1) is 3.57 Å². The predicted molar refractivity (Wildman–Crippen MR) is 98.1 cm³/mol. The summed E-state index contributed by atoms with van der Waals surface area (Å²) in [5.74, 6) is 0.949. The quantitative estimate of drug-likeness (QED) is 0.615. The van der Waals surface area contributed by atoms with Crippen molar-refractivity contribution in [1.82, 2.24) is 0 Å². The number of nitrogen functional groups attached to an aromatic ring is 1. The SMILES string of the molecule is COc1ccccc1CC(C)N(C)c1ccc(N)cc1I. The van der Waals surface area contributed by atoms with Gasteiger partial charge in [0.2, 0.25) is 0 Å². The van der Waals surface area contributed by atoms with Crippen LogP contribution in [-0.4, -0.2) is 20.2 Å². The van der Waals surface area contributed by atoms with Crippen LogP contribution in [0.25, 0.3) is 0 Å². The van der Waals surface area contributed by atoms with E-state index in [9.17, 15) is 0 Å². The summed E-state index contributed by atoms with van der Waals surface area (Å²) >= 11 is 2.33. The normalized spacial score (nSPS) is 12.0. The van der Waals surface area contributed by atoms with E-state index in [0.717, 1.165) is 17.9 Å². The molecule has 0 aliphatic heterocycles. The van der Waals surface area contributed by atoms with Gasteiger partial charge in [-0.3, -0.25) is 0 Å². The van der Waals surface area contributed by atoms with Gasteiger partial charge in [0.15, 0.2) is 0 Å². The Kier molecular flexibility index (Phi) is 5.33. The van der Waals surface area contributed by atoms with Crippen molar-refractivity contribution in [3.8, 4) is 5.75 Å². The lowest BCUT2D eigenvalue weighted by Gasteiger charge is -2.28. The van der Waals surface area contributed by atoms with Crippen LogP contribution < -0.4 is 15.4 Å². The Morgan fingerprint density at radius 3 is 2.62 bits per heavy atom. The minimum atomic E-state index is 0.360. The van der Waals surface area contributed by atoms with Gasteiger partial charge in [-0.25, -0.2) is 0 Å². The van der Waals surface area contributed by atoms with E-state index < -0.39 is 0 Å². The molecule has 0 amide bonds. The summed E-state index contributed by atoms with van der Waals surface area (Å²) in [6.07, 6.45) is 0.932. The van der Waals surface area contributed by atoms with Crippen LogP contribution in [0.5, 0.6) is 5.75 Å². The topological polar surface area (TPSA) is 38.5 Å². The maximum Gasteiger partial charge on any atom is 0.122 e. The Balaban J connectivity index is 2.17. The van der Waals surface area contributed by atoms with Crippen molar-refractivity contribution >= 4 is 34.0 Å². The molecule has 2 rings (SSSR count). The van der Waals surface area contributed by atoms with Gasteiger partial charge in [-0.15, -0.1) is 0 Å². The number of likely N-dealkylation sites (N-methyl/N-ethyl adjacent to an activating group) is 1. The molecule has 1 unspecified atom stereocenters. The zero-order valence-corrected chi connectivity index (χ0v) is 14.8. The molecular formula is C17H21IN2O. The monoisotopic (exact) mass is 396 g/mol. The summed E-state index contributed by atoms with van der Waals surface area (Å²) in [5.41, 5.74) is 9.05. The zero-order valence-electron chi connectivity index (χ0n) is 12.6. The van der Waals surface area contributed by atoms with Gasteiger partial charge in [0.05, 0.1) is 12.8 Å². The number of methoxy groups -OCH3 is 1. The highest BCUT2D eigenvalue weighted by atomic mass is 127. The first-order valence-electron chi connectivity index (χ1n) is 6.92. The maximum atomic E-state index is 5.83. The van der Waals surface area contributed by atoms with E-state index in [4.69, 9.17) is 10.5 Å². The number of halogens is 1. The molecule has 0 aromatic heterocycles. The smallest absolute Gasteiger partial charge is 0.122 e. The van der Waals surface area contributed by atoms with Crippen molar-refractivity contribution < 1.29 is 4.74 Å². The van der Waals surface area contributed by atoms with Crippen LogP contribution in [0.1, 0.15) is 12.5 Å². The summed E-state index contributed by atoms with van der Waals surface area (Å²) in [6, 6.07) is 14.6. The highest BCUT2D eigenvalue weighted by molar-refractivity contribution is 14.1. The molecule has 3 nitrogen and oxygen atoms in total. The van der Waals surface area contributed by atoms with E-state index in [0.29, 0.717) is 6.04 Å². The van der Waals surface area contributed by atoms with Crippen molar-refractivity contribution in [2.45, 2.75) is 19.4 Å². The summed E-state index contributed by atoms with van der Waals surface area (Å²) in [4.78, 5) is 2.29. The third kappa shape index (κ3) is 3.81. The molecule has 0 saturated heterocycles. The van der Waals surface area contributed by atoms with Crippen molar-refractivity contribution in [2.75, 3.05) is 24.8 Å². The van der Waals surface area contributed by atoms with Crippen molar-refractivity contribution in [1.29, 1.82) is 0 Å². The fourth-order valence-electron chi connectivity index (χ4n) is 2.37. The van der Waals surface area contributed by atoms with Crippen LogP contribution in [0.4, 0.5) is 11.4 Å². The van der Waals surface area contributed by atoms with Gasteiger partial charge in [-0.2, -0.15) is 0 Å². The molecule has 0 aliphatic rings. The van der Waals surface area contributed by atoms with E-state index in [1.165, 1.54) is 14.8 Å². The molecule has 2 N–H and O–H groups in total. The number of anilines is 2. The number of hydrogen-bond donors (Lipinski definition) is 1. The van der Waals surface area contributed by atoms with Gasteiger partial charge < -0.3 is 15.4 Å². The Hall–Kier alpha value is -1.43. The van der Waals surface area contributed by atoms with Gasteiger partial charge in [-0.05, 0) is 65.8 Å². The van der Waals surface area contributed by atoms with Crippen LogP contribution in [-0.2, 0) is 6.42 Å². The number of hydrogen-bond acceptors (Lipinski definition) is 3. The molecule has 0 saturated carbocycles. The van der Waals surface area contributed by atoms with Crippen LogP contribution in [0.15, 0.2) is 42.5 Å². The van der Waals surface area contributed by atoms with E-state index >= 15 is 0 Å². The van der Waals surface area contributed by atoms with E-state index in [1.54, 1.807) is 7.11 Å². The van der Waals surface area contributed by atoms with Crippen molar-refractivity contribution in [3.63, 3.8) is 0 Å². The summed E-state index contributed by atoms with van der Waals surface area (Å²) < 4.78 is 6.60. The molecule has 4 heteroatoms. The number of ether oxygens (including phenoxy) is 1. The summed E-state index contributed by atoms with van der Waals surface area (Å²) in [6.45, 7) is 2.22. The second-order valence-corrected chi connectivity index (χ2v) is 6.35. The molecule has 2 aromatic rings. The molecule has 0 spiro atoms. The molecule has 0 heterocycles. The molecule has 112 valence electrons. The lowest BCUT2D eigenvalue weighted by atomic mass is 10.0. The fourth-order valence-corrected chi connectivity index (χ4v) is 3.29. The number of benzene rings is 2. The number of rotatable bonds is 5. The number of nitrogens with zero attached hydrogens (tertiary/aromatic N) is 1. The first kappa shape index (κ1) is 15.9. The highest BCUT2D eigenvalue weighted by Crippen LogP contribution is 2.27. The van der Waals surface area contributed by atoms with Gasteiger partial charge in [0.25, 0.3) is 0 Å². The van der Waals surface area contributed by atoms with E-state index in [1.807, 2.05) is 24.3 Å². The predicted octanol–water partition coefficient (Wildman–Crippen LogP) is 3.95. The van der Waals surface area contributed by atoms with Crippen LogP contribution >= 0.6 is 22.6 Å².